The molecule has 0 saturated carbocycles. The average Bonchev–Trinajstić information content (AvgIpc) is 3.12. The maximum Gasteiger partial charge on any atom is 0.303 e. The van der Waals surface area contributed by atoms with Gasteiger partial charge >= 0.3 is 5.97 Å². The molecule has 2 aromatic carbocycles. The largest absolute Gasteiger partial charge is 0.497 e. The van der Waals surface area contributed by atoms with Crippen LogP contribution in [0.1, 0.15) is 36.4 Å². The predicted octanol–water partition coefficient (Wildman–Crippen LogP) is 3.24. The molecule has 0 radical (unpaired) electrons. The first-order chi connectivity index (χ1) is 12.6. The molecule has 1 aliphatic heterocycles. The summed E-state index contributed by atoms with van der Waals surface area (Å²) in [5, 5.41) is 14.8. The van der Waals surface area contributed by atoms with Gasteiger partial charge in [-0.05, 0) is 23.3 Å². The lowest BCUT2D eigenvalue weighted by atomic mass is 9.98. The van der Waals surface area contributed by atoms with Crippen LogP contribution in [0.5, 0.6) is 5.75 Å². The van der Waals surface area contributed by atoms with Gasteiger partial charge in [-0.25, -0.2) is 5.01 Å². The number of hydrazone groups is 1. The average molecular weight is 352 g/mol. The normalized spacial score (nSPS) is 16.3. The molecule has 6 nitrogen and oxygen atoms in total. The Morgan fingerprint density at radius 1 is 1.12 bits per heavy atom. The van der Waals surface area contributed by atoms with Gasteiger partial charge in [0, 0.05) is 12.8 Å². The van der Waals surface area contributed by atoms with Gasteiger partial charge in [0.2, 0.25) is 5.91 Å². The van der Waals surface area contributed by atoms with Crippen LogP contribution in [0, 0.1) is 0 Å². The van der Waals surface area contributed by atoms with Gasteiger partial charge in [-0.3, -0.25) is 9.59 Å². The summed E-state index contributed by atoms with van der Waals surface area (Å²) >= 11 is 0. The van der Waals surface area contributed by atoms with Crippen molar-refractivity contribution in [2.24, 2.45) is 5.10 Å². The highest BCUT2D eigenvalue weighted by atomic mass is 16.5. The first kappa shape index (κ1) is 17.7. The molecule has 1 amide bonds. The zero-order chi connectivity index (χ0) is 18.5. The summed E-state index contributed by atoms with van der Waals surface area (Å²) < 4.78 is 5.19. The number of carbonyl (C=O) groups excluding carboxylic acids is 1. The minimum atomic E-state index is -0.995. The quantitative estimate of drug-likeness (QED) is 0.865. The molecule has 26 heavy (non-hydrogen) atoms. The van der Waals surface area contributed by atoms with Crippen LogP contribution in [0.15, 0.2) is 59.7 Å². The van der Waals surface area contributed by atoms with E-state index < -0.39 is 5.97 Å². The van der Waals surface area contributed by atoms with E-state index in [1.54, 1.807) is 7.11 Å². The molecule has 1 heterocycles. The number of rotatable bonds is 6. The van der Waals surface area contributed by atoms with E-state index in [2.05, 4.69) is 5.10 Å². The molecule has 3 rings (SSSR count). The third-order valence-electron chi connectivity index (χ3n) is 4.33. The third-order valence-corrected chi connectivity index (χ3v) is 4.33. The highest BCUT2D eigenvalue weighted by molar-refractivity contribution is 6.03. The van der Waals surface area contributed by atoms with E-state index in [-0.39, 0.29) is 24.8 Å². The number of carboxylic acid groups (broad SMARTS) is 1. The summed E-state index contributed by atoms with van der Waals surface area (Å²) in [7, 11) is 1.60. The van der Waals surface area contributed by atoms with Crippen molar-refractivity contribution in [1.82, 2.24) is 5.01 Å². The molecule has 0 fully saturated rings. The van der Waals surface area contributed by atoms with Gasteiger partial charge in [0.05, 0.1) is 25.3 Å². The first-order valence-electron chi connectivity index (χ1n) is 8.39. The number of benzene rings is 2. The Morgan fingerprint density at radius 3 is 2.42 bits per heavy atom. The molecule has 0 saturated heterocycles. The molecule has 1 N–H and O–H groups in total. The minimum Gasteiger partial charge on any atom is -0.497 e. The van der Waals surface area contributed by atoms with Crippen molar-refractivity contribution in [2.45, 2.75) is 25.3 Å². The smallest absolute Gasteiger partial charge is 0.303 e. The number of amides is 1. The van der Waals surface area contributed by atoms with Crippen molar-refractivity contribution in [1.29, 1.82) is 0 Å². The van der Waals surface area contributed by atoms with Crippen LogP contribution < -0.4 is 4.74 Å². The topological polar surface area (TPSA) is 79.2 Å². The fourth-order valence-corrected chi connectivity index (χ4v) is 2.96. The summed E-state index contributed by atoms with van der Waals surface area (Å²) in [5.74, 6) is -0.551. The second-order valence-corrected chi connectivity index (χ2v) is 6.04. The van der Waals surface area contributed by atoms with E-state index in [9.17, 15) is 9.59 Å². The molecule has 134 valence electrons. The van der Waals surface area contributed by atoms with Crippen LogP contribution in [0.2, 0.25) is 0 Å². The van der Waals surface area contributed by atoms with Crippen LogP contribution >= 0.6 is 0 Å². The van der Waals surface area contributed by atoms with Crippen molar-refractivity contribution in [3.05, 3.63) is 65.7 Å². The Balaban J connectivity index is 1.88. The van der Waals surface area contributed by atoms with E-state index in [0.29, 0.717) is 6.42 Å². The van der Waals surface area contributed by atoms with Crippen molar-refractivity contribution in [3.63, 3.8) is 0 Å². The summed E-state index contributed by atoms with van der Waals surface area (Å²) in [4.78, 5) is 23.4. The molecular formula is C20H20N2O4. The molecule has 0 aromatic heterocycles. The lowest BCUT2D eigenvalue weighted by Crippen LogP contribution is -2.27. The van der Waals surface area contributed by atoms with E-state index in [1.807, 2.05) is 54.6 Å². The highest BCUT2D eigenvalue weighted by Crippen LogP contribution is 2.34. The molecular weight excluding hydrogens is 332 g/mol. The van der Waals surface area contributed by atoms with Gasteiger partial charge < -0.3 is 9.84 Å². The molecule has 1 atom stereocenters. The number of methoxy groups -OCH3 is 1. The minimum absolute atomic E-state index is 0.0758. The second-order valence-electron chi connectivity index (χ2n) is 6.04. The van der Waals surface area contributed by atoms with Gasteiger partial charge in [0.1, 0.15) is 5.75 Å². The highest BCUT2D eigenvalue weighted by Gasteiger charge is 2.33. The van der Waals surface area contributed by atoms with E-state index >= 15 is 0 Å². The molecule has 0 bridgehead atoms. The monoisotopic (exact) mass is 352 g/mol. The van der Waals surface area contributed by atoms with Crippen LogP contribution in [0.4, 0.5) is 0 Å². The number of aliphatic carboxylic acids is 1. The Bertz CT molecular complexity index is 815. The van der Waals surface area contributed by atoms with Crippen molar-refractivity contribution >= 4 is 17.6 Å². The molecule has 0 aliphatic carbocycles. The number of ether oxygens (including phenoxy) is 1. The van der Waals surface area contributed by atoms with E-state index in [1.165, 1.54) is 5.01 Å². The molecule has 2 aromatic rings. The maximum atomic E-state index is 12.6. The Morgan fingerprint density at radius 2 is 1.81 bits per heavy atom. The summed E-state index contributed by atoms with van der Waals surface area (Å²) in [6.45, 7) is 0. The fraction of sp³-hybridized carbons (Fsp3) is 0.250. The summed E-state index contributed by atoms with van der Waals surface area (Å²) in [6.07, 6.45) is 0.295. The number of carbonyl (C=O) groups is 2. The van der Waals surface area contributed by atoms with Crippen LogP contribution in [-0.2, 0) is 9.59 Å². The predicted molar refractivity (Wildman–Crippen MR) is 97.0 cm³/mol. The first-order valence-corrected chi connectivity index (χ1v) is 8.39. The Kier molecular flexibility index (Phi) is 5.31. The van der Waals surface area contributed by atoms with Crippen molar-refractivity contribution in [2.75, 3.05) is 7.11 Å². The lowest BCUT2D eigenvalue weighted by molar-refractivity contribution is -0.141. The van der Waals surface area contributed by atoms with Crippen molar-refractivity contribution < 1.29 is 19.4 Å². The summed E-state index contributed by atoms with van der Waals surface area (Å²) in [6, 6.07) is 16.9. The molecule has 1 aliphatic rings. The molecule has 0 spiro atoms. The number of carboxylic acids is 1. The van der Waals surface area contributed by atoms with E-state index in [0.717, 1.165) is 22.6 Å². The third kappa shape index (κ3) is 3.91. The van der Waals surface area contributed by atoms with Crippen LogP contribution in [-0.4, -0.2) is 34.8 Å². The van der Waals surface area contributed by atoms with Gasteiger partial charge in [0.15, 0.2) is 0 Å². The fourth-order valence-electron chi connectivity index (χ4n) is 2.96. The van der Waals surface area contributed by atoms with Crippen LogP contribution in [0.3, 0.4) is 0 Å². The lowest BCUT2D eigenvalue weighted by Gasteiger charge is -2.22. The van der Waals surface area contributed by atoms with Crippen molar-refractivity contribution in [3.8, 4) is 5.75 Å². The molecule has 0 unspecified atom stereocenters. The van der Waals surface area contributed by atoms with Gasteiger partial charge in [-0.2, -0.15) is 5.10 Å². The maximum absolute atomic E-state index is 12.6. The van der Waals surface area contributed by atoms with Gasteiger partial charge in [-0.15, -0.1) is 0 Å². The zero-order valence-corrected chi connectivity index (χ0v) is 14.5. The Labute approximate surface area is 151 Å². The van der Waals surface area contributed by atoms with Crippen LogP contribution in [0.25, 0.3) is 0 Å². The van der Waals surface area contributed by atoms with Gasteiger partial charge in [-0.1, -0.05) is 42.5 Å². The second kappa shape index (κ2) is 7.82. The Hall–Kier alpha value is -3.15. The number of hydrogen-bond acceptors (Lipinski definition) is 4. The molecule has 6 heteroatoms. The number of nitrogens with zero attached hydrogens (tertiary/aromatic N) is 2. The van der Waals surface area contributed by atoms with E-state index in [4.69, 9.17) is 9.84 Å². The summed E-state index contributed by atoms with van der Waals surface area (Å²) in [5.41, 5.74) is 2.71. The van der Waals surface area contributed by atoms with Gasteiger partial charge in [0.25, 0.3) is 0 Å². The zero-order valence-electron chi connectivity index (χ0n) is 14.5. The standard InChI is InChI=1S/C20H20N2O4/c1-26-16-9-7-15(8-10-16)18-13-17(14-5-3-2-4-6-14)21-22(18)19(23)11-12-20(24)25/h2-10,18H,11-13H2,1H3,(H,24,25)/t18-/m1/s1. The SMILES string of the molecule is COc1ccc([C@H]2CC(c3ccccc3)=NN2C(=O)CCC(=O)O)cc1. The number of hydrogen-bond donors (Lipinski definition) is 1.